The van der Waals surface area contributed by atoms with Gasteiger partial charge in [-0.05, 0) is 25.7 Å². The highest BCUT2D eigenvalue weighted by Crippen LogP contribution is 2.07. The van der Waals surface area contributed by atoms with Crippen LogP contribution in [0.2, 0.25) is 0 Å². The number of nitrogens with zero attached hydrogens (tertiary/aromatic N) is 2. The third kappa shape index (κ3) is 3.70. The van der Waals surface area contributed by atoms with Crippen LogP contribution >= 0.6 is 11.8 Å². The molecule has 0 aliphatic carbocycles. The number of thioether (sulfide) groups is 1. The van der Waals surface area contributed by atoms with Gasteiger partial charge in [-0.15, -0.1) is 0 Å². The first kappa shape index (κ1) is 12.3. The van der Waals surface area contributed by atoms with Crippen molar-refractivity contribution in [2.75, 3.05) is 11.5 Å². The first-order valence-corrected chi connectivity index (χ1v) is 6.45. The minimum absolute atomic E-state index is 0.288. The lowest BCUT2D eigenvalue weighted by molar-refractivity contribution is -0.116. The maximum atomic E-state index is 11.6. The molecule has 1 heterocycles. The molecule has 84 valence electrons. The third-order valence-corrected chi connectivity index (χ3v) is 3.06. The average Bonchev–Trinajstić information content (AvgIpc) is 2.55. The number of carbonyl (C=O) groups excluding carboxylic acids is 1. The van der Waals surface area contributed by atoms with Gasteiger partial charge in [-0.3, -0.25) is 9.48 Å². The lowest BCUT2D eigenvalue weighted by atomic mass is 10.2. The smallest absolute Gasteiger partial charge is 0.148 e. The van der Waals surface area contributed by atoms with Gasteiger partial charge in [0.2, 0.25) is 0 Å². The monoisotopic (exact) mass is 226 g/mol. The number of aromatic nitrogens is 2. The number of aryl methyl sites for hydroxylation is 2. The van der Waals surface area contributed by atoms with Gasteiger partial charge < -0.3 is 0 Å². The van der Waals surface area contributed by atoms with E-state index < -0.39 is 0 Å². The van der Waals surface area contributed by atoms with Gasteiger partial charge in [0.25, 0.3) is 0 Å². The molecule has 15 heavy (non-hydrogen) atoms. The zero-order valence-electron chi connectivity index (χ0n) is 9.62. The van der Waals surface area contributed by atoms with Crippen molar-refractivity contribution in [3.05, 3.63) is 17.5 Å². The second-order valence-corrected chi connectivity index (χ2v) is 4.72. The van der Waals surface area contributed by atoms with Crippen LogP contribution in [0.3, 0.4) is 0 Å². The van der Waals surface area contributed by atoms with Crippen LogP contribution in [0.15, 0.2) is 6.07 Å². The summed E-state index contributed by atoms with van der Waals surface area (Å²) in [7, 11) is 0. The molecule has 0 bridgehead atoms. The van der Waals surface area contributed by atoms with Gasteiger partial charge in [0.1, 0.15) is 5.78 Å². The number of hydrogen-bond donors (Lipinski definition) is 0. The molecule has 1 aromatic rings. The van der Waals surface area contributed by atoms with E-state index in [0.717, 1.165) is 23.7 Å². The Hall–Kier alpha value is -0.770. The van der Waals surface area contributed by atoms with E-state index in [1.54, 1.807) is 11.8 Å². The van der Waals surface area contributed by atoms with Crippen molar-refractivity contribution >= 4 is 17.5 Å². The second-order valence-electron chi connectivity index (χ2n) is 3.45. The maximum absolute atomic E-state index is 11.6. The molecule has 0 aliphatic rings. The summed E-state index contributed by atoms with van der Waals surface area (Å²) in [5.74, 6) is 1.90. The maximum Gasteiger partial charge on any atom is 0.148 e. The average molecular weight is 226 g/mol. The molecule has 0 spiro atoms. The Morgan fingerprint density at radius 2 is 2.27 bits per heavy atom. The quantitative estimate of drug-likeness (QED) is 0.745. The Balaban J connectivity index is 2.59. The van der Waals surface area contributed by atoms with Crippen molar-refractivity contribution in [2.24, 2.45) is 0 Å². The van der Waals surface area contributed by atoms with Gasteiger partial charge in [-0.25, -0.2) is 0 Å². The Kier molecular flexibility index (Phi) is 4.88. The SMILES string of the molecule is CCSCC(=O)Cc1cc(C)nn1CC. The summed E-state index contributed by atoms with van der Waals surface area (Å²) in [6.45, 7) is 6.90. The first-order valence-electron chi connectivity index (χ1n) is 5.30. The van der Waals surface area contributed by atoms with Gasteiger partial charge in [-0.2, -0.15) is 16.9 Å². The number of ketones is 1. The van der Waals surface area contributed by atoms with Crippen LogP contribution in [-0.4, -0.2) is 27.1 Å². The molecule has 0 fully saturated rings. The normalized spacial score (nSPS) is 10.6. The van der Waals surface area contributed by atoms with E-state index in [2.05, 4.69) is 12.0 Å². The second kappa shape index (κ2) is 5.95. The molecule has 0 saturated heterocycles. The fourth-order valence-corrected chi connectivity index (χ4v) is 2.02. The Morgan fingerprint density at radius 3 is 2.87 bits per heavy atom. The van der Waals surface area contributed by atoms with Crippen molar-refractivity contribution in [1.82, 2.24) is 9.78 Å². The summed E-state index contributed by atoms with van der Waals surface area (Å²) < 4.78 is 1.91. The third-order valence-electron chi connectivity index (χ3n) is 2.13. The van der Waals surface area contributed by atoms with Crippen LogP contribution in [0.4, 0.5) is 0 Å². The molecule has 0 atom stereocenters. The minimum atomic E-state index is 0.288. The van der Waals surface area contributed by atoms with Gasteiger partial charge in [0, 0.05) is 18.7 Å². The molecule has 4 heteroatoms. The van der Waals surface area contributed by atoms with E-state index in [1.807, 2.05) is 24.6 Å². The Labute approximate surface area is 95.2 Å². The lowest BCUT2D eigenvalue weighted by Gasteiger charge is -2.03. The highest BCUT2D eigenvalue weighted by atomic mass is 32.2. The van der Waals surface area contributed by atoms with Crippen molar-refractivity contribution in [2.45, 2.75) is 33.7 Å². The van der Waals surface area contributed by atoms with Crippen LogP contribution < -0.4 is 0 Å². The van der Waals surface area contributed by atoms with E-state index in [-0.39, 0.29) is 5.78 Å². The summed E-state index contributed by atoms with van der Waals surface area (Å²) in [5, 5.41) is 4.32. The molecule has 0 amide bonds. The number of rotatable bonds is 6. The van der Waals surface area contributed by atoms with Crippen molar-refractivity contribution in [3.8, 4) is 0 Å². The molecule has 0 radical (unpaired) electrons. The van der Waals surface area contributed by atoms with Crippen LogP contribution in [0.5, 0.6) is 0 Å². The standard InChI is InChI=1S/C11H18N2OS/c1-4-13-10(6-9(3)12-13)7-11(14)8-15-5-2/h6H,4-5,7-8H2,1-3H3. The topological polar surface area (TPSA) is 34.9 Å². The molecule has 0 saturated carbocycles. The number of Topliss-reactive ketones (excluding diaryl/α,β-unsaturated/α-hetero) is 1. The van der Waals surface area contributed by atoms with Crippen LogP contribution in [-0.2, 0) is 17.8 Å². The molecule has 0 N–H and O–H groups in total. The molecular weight excluding hydrogens is 208 g/mol. The van der Waals surface area contributed by atoms with Crippen LogP contribution in [0.25, 0.3) is 0 Å². The molecule has 1 rings (SSSR count). The van der Waals surface area contributed by atoms with Crippen molar-refractivity contribution in [3.63, 3.8) is 0 Å². The summed E-state index contributed by atoms with van der Waals surface area (Å²) in [6.07, 6.45) is 0.516. The van der Waals surface area contributed by atoms with E-state index in [1.165, 1.54) is 0 Å². The van der Waals surface area contributed by atoms with E-state index in [9.17, 15) is 4.79 Å². The van der Waals surface area contributed by atoms with Gasteiger partial charge in [0.15, 0.2) is 0 Å². The predicted molar refractivity (Wildman–Crippen MR) is 64.3 cm³/mol. The van der Waals surface area contributed by atoms with Crippen molar-refractivity contribution < 1.29 is 4.79 Å². The van der Waals surface area contributed by atoms with Crippen LogP contribution in [0.1, 0.15) is 25.2 Å². The molecule has 0 aliphatic heterocycles. The summed E-state index contributed by atoms with van der Waals surface area (Å²) >= 11 is 1.68. The molecule has 0 aromatic carbocycles. The highest BCUT2D eigenvalue weighted by Gasteiger charge is 2.09. The molecule has 3 nitrogen and oxygen atoms in total. The van der Waals surface area contributed by atoms with Crippen LogP contribution in [0, 0.1) is 6.92 Å². The number of carbonyl (C=O) groups is 1. The van der Waals surface area contributed by atoms with E-state index >= 15 is 0 Å². The van der Waals surface area contributed by atoms with E-state index in [0.29, 0.717) is 12.2 Å². The zero-order valence-corrected chi connectivity index (χ0v) is 10.4. The van der Waals surface area contributed by atoms with E-state index in [4.69, 9.17) is 0 Å². The van der Waals surface area contributed by atoms with Crippen molar-refractivity contribution in [1.29, 1.82) is 0 Å². The number of hydrogen-bond acceptors (Lipinski definition) is 3. The summed E-state index contributed by atoms with van der Waals surface area (Å²) in [5.41, 5.74) is 2.03. The fraction of sp³-hybridized carbons (Fsp3) is 0.636. The highest BCUT2D eigenvalue weighted by molar-refractivity contribution is 7.99. The predicted octanol–water partition coefficient (Wildman–Crippen LogP) is 2.08. The molecular formula is C11H18N2OS. The largest absolute Gasteiger partial charge is 0.298 e. The van der Waals surface area contributed by atoms with Gasteiger partial charge in [-0.1, -0.05) is 6.92 Å². The minimum Gasteiger partial charge on any atom is -0.298 e. The molecule has 1 aromatic heterocycles. The summed E-state index contributed by atoms with van der Waals surface area (Å²) in [4.78, 5) is 11.6. The summed E-state index contributed by atoms with van der Waals surface area (Å²) in [6, 6.07) is 2.00. The molecule has 0 unspecified atom stereocenters. The zero-order chi connectivity index (χ0) is 11.3. The van der Waals surface area contributed by atoms with Gasteiger partial charge >= 0.3 is 0 Å². The van der Waals surface area contributed by atoms with Gasteiger partial charge in [0.05, 0.1) is 11.4 Å². The lowest BCUT2D eigenvalue weighted by Crippen LogP contribution is -2.11. The first-order chi connectivity index (χ1) is 7.17. The fourth-order valence-electron chi connectivity index (χ4n) is 1.48. The Morgan fingerprint density at radius 1 is 1.53 bits per heavy atom. The Bertz CT molecular complexity index is 333.